The molecule has 3 amide bonds. The smallest absolute Gasteiger partial charge is 0.225 e. The number of carbonyl (C=O) groups excluding carboxylic acids is 3. The molecular weight excluding hydrogens is 366 g/mol. The first kappa shape index (κ1) is 20.7. The van der Waals surface area contributed by atoms with Crippen molar-refractivity contribution in [1.29, 1.82) is 0 Å². The molecule has 1 heterocycles. The highest BCUT2D eigenvalue weighted by Gasteiger charge is 2.51. The molecule has 0 aromatic carbocycles. The fourth-order valence-electron chi connectivity index (χ4n) is 6.97. The van der Waals surface area contributed by atoms with Crippen molar-refractivity contribution < 1.29 is 14.4 Å². The Labute approximate surface area is 174 Å². The monoisotopic (exact) mass is 403 g/mol. The van der Waals surface area contributed by atoms with Gasteiger partial charge >= 0.3 is 0 Å². The number of hydrogen-bond donors (Lipinski definition) is 2. The first-order chi connectivity index (χ1) is 13.6. The molecular formula is C23H37N3O3. The molecule has 1 saturated heterocycles. The van der Waals surface area contributed by atoms with E-state index in [1.165, 1.54) is 38.5 Å². The minimum absolute atomic E-state index is 0.0431. The van der Waals surface area contributed by atoms with Gasteiger partial charge in [0.1, 0.15) is 0 Å². The van der Waals surface area contributed by atoms with E-state index >= 15 is 0 Å². The van der Waals surface area contributed by atoms with E-state index in [1.807, 2.05) is 20.8 Å². The van der Waals surface area contributed by atoms with Gasteiger partial charge in [0, 0.05) is 38.0 Å². The fourth-order valence-corrected chi connectivity index (χ4v) is 6.97. The molecule has 29 heavy (non-hydrogen) atoms. The van der Waals surface area contributed by atoms with E-state index in [2.05, 4.69) is 10.6 Å². The Morgan fingerprint density at radius 2 is 1.55 bits per heavy atom. The number of nitrogens with zero attached hydrogens (tertiary/aromatic N) is 1. The van der Waals surface area contributed by atoms with Crippen molar-refractivity contribution >= 4 is 17.7 Å². The van der Waals surface area contributed by atoms with E-state index in [1.54, 1.807) is 4.90 Å². The molecule has 1 unspecified atom stereocenters. The zero-order valence-electron chi connectivity index (χ0n) is 18.3. The van der Waals surface area contributed by atoms with Crippen LogP contribution in [-0.2, 0) is 14.4 Å². The lowest BCUT2D eigenvalue weighted by Crippen LogP contribution is -2.48. The average molecular weight is 404 g/mol. The topological polar surface area (TPSA) is 78.5 Å². The van der Waals surface area contributed by atoms with Crippen molar-refractivity contribution in [2.24, 2.45) is 29.1 Å². The Morgan fingerprint density at radius 3 is 2.07 bits per heavy atom. The van der Waals surface area contributed by atoms with Gasteiger partial charge in [-0.25, -0.2) is 0 Å². The number of likely N-dealkylation sites (tertiary alicyclic amines) is 1. The molecule has 0 aromatic heterocycles. The molecule has 6 nitrogen and oxygen atoms in total. The quantitative estimate of drug-likeness (QED) is 0.669. The highest BCUT2D eigenvalue weighted by atomic mass is 16.2. The van der Waals surface area contributed by atoms with Gasteiger partial charge in [-0.1, -0.05) is 0 Å². The normalized spacial score (nSPS) is 35.8. The molecule has 0 radical (unpaired) electrons. The maximum absolute atomic E-state index is 12.5. The van der Waals surface area contributed by atoms with E-state index in [4.69, 9.17) is 0 Å². The maximum atomic E-state index is 12.5. The van der Waals surface area contributed by atoms with Crippen LogP contribution in [0.25, 0.3) is 0 Å². The van der Waals surface area contributed by atoms with Crippen molar-refractivity contribution in [1.82, 2.24) is 15.5 Å². The number of nitrogens with one attached hydrogen (secondary N) is 2. The minimum Gasteiger partial charge on any atom is -0.354 e. The molecule has 0 spiro atoms. The van der Waals surface area contributed by atoms with Crippen LogP contribution in [0.2, 0.25) is 0 Å². The lowest BCUT2D eigenvalue weighted by molar-refractivity contribution is -0.132. The van der Waals surface area contributed by atoms with Gasteiger partial charge in [-0.2, -0.15) is 0 Å². The Hall–Kier alpha value is -1.59. The predicted molar refractivity (Wildman–Crippen MR) is 111 cm³/mol. The summed E-state index contributed by atoms with van der Waals surface area (Å²) in [5.41, 5.74) is 0.0000493. The molecule has 2 N–H and O–H groups in total. The van der Waals surface area contributed by atoms with Crippen LogP contribution in [0.4, 0.5) is 0 Å². The third kappa shape index (κ3) is 4.46. The summed E-state index contributed by atoms with van der Waals surface area (Å²) in [6.07, 6.45) is 8.83. The molecule has 162 valence electrons. The number of amides is 3. The summed E-state index contributed by atoms with van der Waals surface area (Å²) in [4.78, 5) is 38.9. The zero-order chi connectivity index (χ0) is 20.8. The summed E-state index contributed by atoms with van der Waals surface area (Å²) in [7, 11) is 0. The molecule has 1 atom stereocenters. The Kier molecular flexibility index (Phi) is 5.41. The summed E-state index contributed by atoms with van der Waals surface area (Å²) in [6.45, 7) is 7.33. The lowest BCUT2D eigenvalue weighted by atomic mass is 9.49. The van der Waals surface area contributed by atoms with Crippen LogP contribution in [-0.4, -0.2) is 47.8 Å². The van der Waals surface area contributed by atoms with Crippen molar-refractivity contribution in [2.45, 2.75) is 77.7 Å². The maximum Gasteiger partial charge on any atom is 0.225 e. The number of rotatable bonds is 6. The second kappa shape index (κ2) is 7.59. The van der Waals surface area contributed by atoms with Crippen molar-refractivity contribution in [3.63, 3.8) is 0 Å². The molecule has 4 aliphatic carbocycles. The molecule has 5 rings (SSSR count). The van der Waals surface area contributed by atoms with E-state index in [0.717, 1.165) is 17.8 Å². The summed E-state index contributed by atoms with van der Waals surface area (Å²) in [6, 6.07) is 0. The standard InChI is InChI=1S/C23H37N3O3/c1-22(2,3)26-14-18(9-20(26)28)21(29)25-5-4-24-19(27)13-23-10-15-6-16(11-23)8-17(7-15)12-23/h15-18H,4-14H2,1-3H3,(H,24,27)(H,25,29). The van der Waals surface area contributed by atoms with E-state index in [-0.39, 0.29) is 41.0 Å². The van der Waals surface area contributed by atoms with E-state index < -0.39 is 0 Å². The van der Waals surface area contributed by atoms with Crippen LogP contribution in [0.5, 0.6) is 0 Å². The second-order valence-corrected chi connectivity index (χ2v) is 11.3. The van der Waals surface area contributed by atoms with Gasteiger partial charge in [0.05, 0.1) is 5.92 Å². The molecule has 4 saturated carbocycles. The van der Waals surface area contributed by atoms with Gasteiger partial charge < -0.3 is 15.5 Å². The molecule has 4 bridgehead atoms. The van der Waals surface area contributed by atoms with Gasteiger partial charge in [-0.05, 0) is 82.5 Å². The highest BCUT2D eigenvalue weighted by molar-refractivity contribution is 5.89. The lowest BCUT2D eigenvalue weighted by Gasteiger charge is -2.56. The van der Waals surface area contributed by atoms with Crippen molar-refractivity contribution in [2.75, 3.05) is 19.6 Å². The van der Waals surface area contributed by atoms with Gasteiger partial charge in [-0.15, -0.1) is 0 Å². The summed E-state index contributed by atoms with van der Waals surface area (Å²) < 4.78 is 0. The average Bonchev–Trinajstić information content (AvgIpc) is 2.99. The zero-order valence-corrected chi connectivity index (χ0v) is 18.3. The molecule has 6 heteroatoms. The molecule has 5 fully saturated rings. The first-order valence-corrected chi connectivity index (χ1v) is 11.5. The van der Waals surface area contributed by atoms with E-state index in [0.29, 0.717) is 26.1 Å². The van der Waals surface area contributed by atoms with Crippen molar-refractivity contribution in [3.8, 4) is 0 Å². The minimum atomic E-state index is -0.288. The van der Waals surface area contributed by atoms with Crippen LogP contribution in [0.15, 0.2) is 0 Å². The van der Waals surface area contributed by atoms with Gasteiger partial charge in [-0.3, -0.25) is 14.4 Å². The van der Waals surface area contributed by atoms with Crippen LogP contribution >= 0.6 is 0 Å². The first-order valence-electron chi connectivity index (χ1n) is 11.5. The van der Waals surface area contributed by atoms with E-state index in [9.17, 15) is 14.4 Å². The van der Waals surface area contributed by atoms with Gasteiger partial charge in [0.15, 0.2) is 0 Å². The van der Waals surface area contributed by atoms with Gasteiger partial charge in [0.25, 0.3) is 0 Å². The van der Waals surface area contributed by atoms with Crippen molar-refractivity contribution in [3.05, 3.63) is 0 Å². The summed E-state index contributed by atoms with van der Waals surface area (Å²) in [5, 5.41) is 5.91. The van der Waals surface area contributed by atoms with Crippen LogP contribution in [0.3, 0.4) is 0 Å². The third-order valence-electron chi connectivity index (χ3n) is 7.75. The predicted octanol–water partition coefficient (Wildman–Crippen LogP) is 2.47. The summed E-state index contributed by atoms with van der Waals surface area (Å²) in [5.74, 6) is 2.38. The van der Waals surface area contributed by atoms with Crippen LogP contribution in [0, 0.1) is 29.1 Å². The highest BCUT2D eigenvalue weighted by Crippen LogP contribution is 2.61. The Morgan fingerprint density at radius 1 is 1.00 bits per heavy atom. The Balaban J connectivity index is 1.17. The SMILES string of the molecule is CC(C)(C)N1CC(C(=O)NCCNC(=O)CC23CC4CC(CC(C4)C2)C3)CC1=O. The third-order valence-corrected chi connectivity index (χ3v) is 7.75. The number of carbonyl (C=O) groups is 3. The molecule has 1 aliphatic heterocycles. The Bertz CT molecular complexity index is 646. The van der Waals surface area contributed by atoms with Gasteiger partial charge in [0.2, 0.25) is 17.7 Å². The fraction of sp³-hybridized carbons (Fsp3) is 0.870. The van der Waals surface area contributed by atoms with Crippen LogP contribution < -0.4 is 10.6 Å². The van der Waals surface area contributed by atoms with Crippen LogP contribution in [0.1, 0.15) is 72.1 Å². The molecule has 0 aromatic rings. The summed E-state index contributed by atoms with van der Waals surface area (Å²) >= 11 is 0. The number of hydrogen-bond acceptors (Lipinski definition) is 3. The molecule has 5 aliphatic rings. The second-order valence-electron chi connectivity index (χ2n) is 11.3. The largest absolute Gasteiger partial charge is 0.354 e.